The SMILES string of the molecule is COc1cc2cc(C(=O)NC(C(=O)N3CCC(C(=O)O)CC3)C(C)C)n(C)c2cc1OC. The van der Waals surface area contributed by atoms with Crippen molar-refractivity contribution in [3.8, 4) is 11.5 Å². The van der Waals surface area contributed by atoms with Gasteiger partial charge in [0.1, 0.15) is 11.7 Å². The summed E-state index contributed by atoms with van der Waals surface area (Å²) in [6, 6.07) is 4.67. The number of aliphatic carboxylic acids is 1. The number of nitrogens with one attached hydrogen (secondary N) is 1. The minimum absolute atomic E-state index is 0.126. The van der Waals surface area contributed by atoms with Crippen LogP contribution in [0.4, 0.5) is 0 Å². The monoisotopic (exact) mass is 445 g/mol. The third-order valence-corrected chi connectivity index (χ3v) is 6.16. The van der Waals surface area contributed by atoms with Crippen LogP contribution in [0, 0.1) is 11.8 Å². The van der Waals surface area contributed by atoms with Crippen molar-refractivity contribution in [3.05, 3.63) is 23.9 Å². The number of hydrogen-bond acceptors (Lipinski definition) is 5. The number of rotatable bonds is 7. The third-order valence-electron chi connectivity index (χ3n) is 6.16. The van der Waals surface area contributed by atoms with Gasteiger partial charge in [-0.1, -0.05) is 13.8 Å². The molecule has 0 radical (unpaired) electrons. The minimum atomic E-state index is -0.824. The highest BCUT2D eigenvalue weighted by atomic mass is 16.5. The summed E-state index contributed by atoms with van der Waals surface area (Å²) in [5.41, 5.74) is 1.22. The molecule has 0 aliphatic carbocycles. The van der Waals surface area contributed by atoms with Gasteiger partial charge < -0.3 is 29.4 Å². The number of benzene rings is 1. The molecule has 1 atom stereocenters. The minimum Gasteiger partial charge on any atom is -0.493 e. The normalized spacial score (nSPS) is 15.6. The lowest BCUT2D eigenvalue weighted by molar-refractivity contribution is -0.146. The summed E-state index contributed by atoms with van der Waals surface area (Å²) >= 11 is 0. The lowest BCUT2D eigenvalue weighted by Gasteiger charge is -2.34. The van der Waals surface area contributed by atoms with Crippen LogP contribution in [0.15, 0.2) is 18.2 Å². The molecule has 1 unspecified atom stereocenters. The molecule has 2 aromatic rings. The first-order valence-corrected chi connectivity index (χ1v) is 10.7. The number of carboxylic acids is 1. The third kappa shape index (κ3) is 4.51. The standard InChI is InChI=1S/C23H31N3O6/c1-13(2)20(22(28)26-8-6-14(7-9-26)23(29)30)24-21(27)17-10-15-11-18(31-4)19(32-5)12-16(15)25(17)3/h10-14,20H,6-9H2,1-5H3,(H,24,27)(H,29,30). The Bertz CT molecular complexity index is 1020. The maximum absolute atomic E-state index is 13.1. The molecule has 2 N–H and O–H groups in total. The first kappa shape index (κ1) is 23.4. The largest absolute Gasteiger partial charge is 0.493 e. The summed E-state index contributed by atoms with van der Waals surface area (Å²) in [5.74, 6) is -0.775. The van der Waals surface area contributed by atoms with Gasteiger partial charge in [-0.15, -0.1) is 0 Å². The Morgan fingerprint density at radius 3 is 2.19 bits per heavy atom. The molecule has 1 aromatic heterocycles. The zero-order valence-electron chi connectivity index (χ0n) is 19.2. The Balaban J connectivity index is 1.80. The van der Waals surface area contributed by atoms with Crippen molar-refractivity contribution in [3.63, 3.8) is 0 Å². The topological polar surface area (TPSA) is 110 Å². The van der Waals surface area contributed by atoms with Crippen LogP contribution in [-0.4, -0.2) is 65.7 Å². The first-order chi connectivity index (χ1) is 15.2. The zero-order chi connectivity index (χ0) is 23.6. The molecular formula is C23H31N3O6. The highest BCUT2D eigenvalue weighted by Gasteiger charge is 2.33. The number of piperidine rings is 1. The second-order valence-corrected chi connectivity index (χ2v) is 8.49. The predicted octanol–water partition coefficient (Wildman–Crippen LogP) is 2.27. The second kappa shape index (κ2) is 9.50. The number of carbonyl (C=O) groups is 3. The quantitative estimate of drug-likeness (QED) is 0.677. The number of aryl methyl sites for hydroxylation is 1. The van der Waals surface area contributed by atoms with E-state index in [0.29, 0.717) is 43.1 Å². The molecule has 1 fully saturated rings. The molecular weight excluding hydrogens is 414 g/mol. The van der Waals surface area contributed by atoms with Crippen molar-refractivity contribution in [1.82, 2.24) is 14.8 Å². The van der Waals surface area contributed by atoms with Crippen molar-refractivity contribution in [2.75, 3.05) is 27.3 Å². The fraction of sp³-hybridized carbons (Fsp3) is 0.522. The molecule has 1 aliphatic rings. The summed E-state index contributed by atoms with van der Waals surface area (Å²) in [6.07, 6.45) is 0.847. The number of methoxy groups -OCH3 is 2. The predicted molar refractivity (Wildman–Crippen MR) is 119 cm³/mol. The summed E-state index contributed by atoms with van der Waals surface area (Å²) in [4.78, 5) is 39.1. The van der Waals surface area contributed by atoms with E-state index in [0.717, 1.165) is 10.9 Å². The second-order valence-electron chi connectivity index (χ2n) is 8.49. The Kier molecular flexibility index (Phi) is 6.96. The molecule has 0 saturated carbocycles. The number of carboxylic acid groups (broad SMARTS) is 1. The first-order valence-electron chi connectivity index (χ1n) is 10.7. The Hall–Kier alpha value is -3.23. The van der Waals surface area contributed by atoms with Gasteiger partial charge in [-0.25, -0.2) is 0 Å². The highest BCUT2D eigenvalue weighted by Crippen LogP contribution is 2.33. The van der Waals surface area contributed by atoms with Gasteiger partial charge in [0.2, 0.25) is 5.91 Å². The van der Waals surface area contributed by atoms with Gasteiger partial charge >= 0.3 is 5.97 Å². The van der Waals surface area contributed by atoms with Gasteiger partial charge in [0.25, 0.3) is 5.91 Å². The van der Waals surface area contributed by atoms with Crippen molar-refractivity contribution < 1.29 is 29.0 Å². The van der Waals surface area contributed by atoms with E-state index in [2.05, 4.69) is 5.32 Å². The molecule has 174 valence electrons. The number of hydrogen-bond donors (Lipinski definition) is 2. The van der Waals surface area contributed by atoms with Crippen LogP contribution in [0.2, 0.25) is 0 Å². The number of amides is 2. The van der Waals surface area contributed by atoms with Gasteiger partial charge in [-0.05, 0) is 30.9 Å². The van der Waals surface area contributed by atoms with Crippen LogP contribution >= 0.6 is 0 Å². The highest BCUT2D eigenvalue weighted by molar-refractivity contribution is 6.01. The maximum Gasteiger partial charge on any atom is 0.306 e. The van der Waals surface area contributed by atoms with Crippen molar-refractivity contribution in [1.29, 1.82) is 0 Å². The molecule has 0 spiro atoms. The lowest BCUT2D eigenvalue weighted by Crippen LogP contribution is -2.53. The molecule has 2 heterocycles. The van der Waals surface area contributed by atoms with Crippen LogP contribution in [-0.2, 0) is 16.6 Å². The Morgan fingerprint density at radius 1 is 1.06 bits per heavy atom. The van der Waals surface area contributed by atoms with Crippen molar-refractivity contribution in [2.45, 2.75) is 32.7 Å². The summed E-state index contributed by atoms with van der Waals surface area (Å²) in [7, 11) is 4.89. The van der Waals surface area contributed by atoms with Crippen LogP contribution in [0.1, 0.15) is 37.2 Å². The maximum atomic E-state index is 13.1. The Morgan fingerprint density at radius 2 is 1.66 bits per heavy atom. The molecule has 3 rings (SSSR count). The zero-order valence-corrected chi connectivity index (χ0v) is 19.2. The van der Waals surface area contributed by atoms with E-state index in [-0.39, 0.29) is 17.7 Å². The lowest BCUT2D eigenvalue weighted by atomic mass is 9.95. The molecule has 9 nitrogen and oxygen atoms in total. The van der Waals surface area contributed by atoms with Gasteiger partial charge in [0.05, 0.1) is 25.7 Å². The summed E-state index contributed by atoms with van der Waals surface area (Å²) in [6.45, 7) is 4.51. The fourth-order valence-corrected chi connectivity index (χ4v) is 4.15. The van der Waals surface area contributed by atoms with Crippen LogP contribution in [0.25, 0.3) is 10.9 Å². The fourth-order valence-electron chi connectivity index (χ4n) is 4.15. The van der Waals surface area contributed by atoms with Crippen molar-refractivity contribution in [2.24, 2.45) is 18.9 Å². The number of likely N-dealkylation sites (tertiary alicyclic amines) is 1. The van der Waals surface area contributed by atoms with Crippen LogP contribution in [0.5, 0.6) is 11.5 Å². The number of nitrogens with zero attached hydrogens (tertiary/aromatic N) is 2. The smallest absolute Gasteiger partial charge is 0.306 e. The molecule has 1 aromatic carbocycles. The number of ether oxygens (including phenoxy) is 2. The summed E-state index contributed by atoms with van der Waals surface area (Å²) in [5, 5.41) is 12.9. The molecule has 32 heavy (non-hydrogen) atoms. The van der Waals surface area contributed by atoms with Crippen LogP contribution < -0.4 is 14.8 Å². The van der Waals surface area contributed by atoms with Gasteiger partial charge in [0, 0.05) is 31.6 Å². The number of aromatic nitrogens is 1. The molecule has 2 amide bonds. The van der Waals surface area contributed by atoms with E-state index in [1.165, 1.54) is 0 Å². The van der Waals surface area contributed by atoms with E-state index in [1.54, 1.807) is 36.8 Å². The van der Waals surface area contributed by atoms with Gasteiger partial charge in [-0.3, -0.25) is 14.4 Å². The van der Waals surface area contributed by atoms with Gasteiger partial charge in [0.15, 0.2) is 11.5 Å². The molecule has 9 heteroatoms. The molecule has 0 bridgehead atoms. The molecule has 1 aliphatic heterocycles. The average Bonchev–Trinajstić information content (AvgIpc) is 3.11. The molecule has 1 saturated heterocycles. The van der Waals surface area contributed by atoms with E-state index in [9.17, 15) is 19.5 Å². The van der Waals surface area contributed by atoms with E-state index in [4.69, 9.17) is 9.47 Å². The average molecular weight is 446 g/mol. The van der Waals surface area contributed by atoms with Crippen molar-refractivity contribution >= 4 is 28.7 Å². The van der Waals surface area contributed by atoms with E-state index in [1.807, 2.05) is 26.0 Å². The summed E-state index contributed by atoms with van der Waals surface area (Å²) < 4.78 is 12.5. The number of carbonyl (C=O) groups excluding carboxylic acids is 2. The Labute approximate surface area is 187 Å². The van der Waals surface area contributed by atoms with Gasteiger partial charge in [-0.2, -0.15) is 0 Å². The van der Waals surface area contributed by atoms with E-state index >= 15 is 0 Å². The number of fused-ring (bicyclic) bond motifs is 1. The van der Waals surface area contributed by atoms with E-state index < -0.39 is 17.9 Å². The van der Waals surface area contributed by atoms with Crippen LogP contribution in [0.3, 0.4) is 0 Å².